The molecular formula is C17H17F2N3O. The summed E-state index contributed by atoms with van der Waals surface area (Å²) in [7, 11) is 0. The molecule has 1 saturated heterocycles. The van der Waals surface area contributed by atoms with Crippen molar-refractivity contribution in [3.05, 3.63) is 59.9 Å². The summed E-state index contributed by atoms with van der Waals surface area (Å²) in [5.41, 5.74) is 1.32. The molecular weight excluding hydrogens is 300 g/mol. The Hall–Kier alpha value is -2.50. The minimum Gasteiger partial charge on any atom is -0.324 e. The first-order valence-electron chi connectivity index (χ1n) is 7.51. The number of halogens is 2. The topological polar surface area (TPSA) is 45.2 Å². The molecule has 120 valence electrons. The number of nitrogens with one attached hydrogen (secondary N) is 1. The van der Waals surface area contributed by atoms with E-state index in [0.29, 0.717) is 19.0 Å². The Morgan fingerprint density at radius 1 is 1.22 bits per heavy atom. The second-order valence-corrected chi connectivity index (χ2v) is 5.75. The Morgan fingerprint density at radius 3 is 2.61 bits per heavy atom. The van der Waals surface area contributed by atoms with Crippen LogP contribution >= 0.6 is 0 Å². The van der Waals surface area contributed by atoms with Gasteiger partial charge in [-0.05, 0) is 48.6 Å². The third-order valence-corrected chi connectivity index (χ3v) is 3.96. The predicted octanol–water partition coefficient (Wildman–Crippen LogP) is 3.46. The summed E-state index contributed by atoms with van der Waals surface area (Å²) in [5, 5.41) is 2.55. The van der Waals surface area contributed by atoms with E-state index in [4.69, 9.17) is 0 Å². The van der Waals surface area contributed by atoms with Gasteiger partial charge in [0.2, 0.25) is 0 Å². The number of hydrogen-bond acceptors (Lipinski definition) is 2. The van der Waals surface area contributed by atoms with Crippen LogP contribution in [-0.2, 0) is 6.42 Å². The Bertz CT molecular complexity index is 673. The number of amides is 2. The van der Waals surface area contributed by atoms with Crippen LogP contribution in [0.3, 0.4) is 0 Å². The van der Waals surface area contributed by atoms with Gasteiger partial charge in [0, 0.05) is 37.2 Å². The van der Waals surface area contributed by atoms with Crippen molar-refractivity contribution in [1.82, 2.24) is 9.88 Å². The van der Waals surface area contributed by atoms with Gasteiger partial charge in [-0.1, -0.05) is 0 Å². The van der Waals surface area contributed by atoms with Crippen LogP contribution in [0.2, 0.25) is 0 Å². The molecule has 2 aromatic rings. The molecule has 1 atom stereocenters. The van der Waals surface area contributed by atoms with Crippen molar-refractivity contribution in [3.63, 3.8) is 0 Å². The monoisotopic (exact) mass is 317 g/mol. The van der Waals surface area contributed by atoms with Crippen molar-refractivity contribution in [3.8, 4) is 0 Å². The van der Waals surface area contributed by atoms with Crippen LogP contribution in [-0.4, -0.2) is 29.0 Å². The molecule has 0 aliphatic carbocycles. The van der Waals surface area contributed by atoms with Crippen LogP contribution in [0.5, 0.6) is 0 Å². The second-order valence-electron chi connectivity index (χ2n) is 5.75. The minimum atomic E-state index is -0.711. The minimum absolute atomic E-state index is 0.130. The highest BCUT2D eigenvalue weighted by molar-refractivity contribution is 5.89. The number of pyridine rings is 1. The normalized spacial score (nSPS) is 17.3. The number of benzene rings is 1. The van der Waals surface area contributed by atoms with Gasteiger partial charge in [-0.2, -0.15) is 0 Å². The smallest absolute Gasteiger partial charge is 0.321 e. The zero-order valence-electron chi connectivity index (χ0n) is 12.5. The van der Waals surface area contributed by atoms with E-state index in [1.54, 1.807) is 17.3 Å². The highest BCUT2D eigenvalue weighted by atomic mass is 19.1. The van der Waals surface area contributed by atoms with Crippen LogP contribution in [0.1, 0.15) is 12.0 Å². The SMILES string of the molecule is O=C(Nc1cc(F)cc(F)c1)N1CCC(Cc2ccncc2)C1. The summed E-state index contributed by atoms with van der Waals surface area (Å²) >= 11 is 0. The van der Waals surface area contributed by atoms with E-state index in [1.807, 2.05) is 12.1 Å². The Balaban J connectivity index is 1.57. The summed E-state index contributed by atoms with van der Waals surface area (Å²) in [6.07, 6.45) is 5.31. The molecule has 1 fully saturated rings. The number of aromatic nitrogens is 1. The van der Waals surface area contributed by atoms with Crippen molar-refractivity contribution >= 4 is 11.7 Å². The van der Waals surface area contributed by atoms with E-state index in [1.165, 1.54) is 5.56 Å². The van der Waals surface area contributed by atoms with E-state index in [-0.39, 0.29) is 11.7 Å². The van der Waals surface area contributed by atoms with Crippen LogP contribution in [0.15, 0.2) is 42.7 Å². The molecule has 3 rings (SSSR count). The van der Waals surface area contributed by atoms with Gasteiger partial charge in [0.1, 0.15) is 11.6 Å². The summed E-state index contributed by atoms with van der Waals surface area (Å²) in [6.45, 7) is 1.27. The van der Waals surface area contributed by atoms with Crippen molar-refractivity contribution in [2.45, 2.75) is 12.8 Å². The first kappa shape index (κ1) is 15.4. The molecule has 0 bridgehead atoms. The van der Waals surface area contributed by atoms with E-state index in [0.717, 1.165) is 31.0 Å². The number of anilines is 1. The molecule has 6 heteroatoms. The molecule has 1 aromatic carbocycles. The summed E-state index contributed by atoms with van der Waals surface area (Å²) in [6, 6.07) is 6.59. The average Bonchev–Trinajstić information content (AvgIpc) is 2.96. The van der Waals surface area contributed by atoms with Crippen LogP contribution in [0.25, 0.3) is 0 Å². The molecule has 1 N–H and O–H groups in total. The molecule has 1 unspecified atom stereocenters. The number of hydrogen-bond donors (Lipinski definition) is 1. The molecule has 1 aliphatic rings. The van der Waals surface area contributed by atoms with Gasteiger partial charge in [0.25, 0.3) is 0 Å². The number of rotatable bonds is 3. The molecule has 0 saturated carbocycles. The molecule has 1 aromatic heterocycles. The largest absolute Gasteiger partial charge is 0.324 e. The van der Waals surface area contributed by atoms with E-state index in [9.17, 15) is 13.6 Å². The van der Waals surface area contributed by atoms with Gasteiger partial charge in [-0.15, -0.1) is 0 Å². The van der Waals surface area contributed by atoms with Crippen LogP contribution in [0.4, 0.5) is 19.3 Å². The number of likely N-dealkylation sites (tertiary alicyclic amines) is 1. The van der Waals surface area contributed by atoms with Crippen molar-refractivity contribution in [2.24, 2.45) is 5.92 Å². The van der Waals surface area contributed by atoms with Gasteiger partial charge in [0.05, 0.1) is 0 Å². The molecule has 2 amide bonds. The number of nitrogens with zero attached hydrogens (tertiary/aromatic N) is 2. The molecule has 23 heavy (non-hydrogen) atoms. The quantitative estimate of drug-likeness (QED) is 0.942. The van der Waals surface area contributed by atoms with Gasteiger partial charge < -0.3 is 10.2 Å². The average molecular weight is 317 g/mol. The first-order valence-corrected chi connectivity index (χ1v) is 7.51. The number of urea groups is 1. The fraction of sp³-hybridized carbons (Fsp3) is 0.294. The second kappa shape index (κ2) is 6.73. The maximum atomic E-state index is 13.1. The highest BCUT2D eigenvalue weighted by Crippen LogP contribution is 2.22. The Morgan fingerprint density at radius 2 is 1.91 bits per heavy atom. The fourth-order valence-electron chi connectivity index (χ4n) is 2.86. The Kier molecular flexibility index (Phi) is 4.50. The van der Waals surface area contributed by atoms with E-state index < -0.39 is 11.6 Å². The Labute approximate surface area is 133 Å². The van der Waals surface area contributed by atoms with Gasteiger partial charge in [-0.25, -0.2) is 13.6 Å². The summed E-state index contributed by atoms with van der Waals surface area (Å²) < 4.78 is 26.3. The van der Waals surface area contributed by atoms with Gasteiger partial charge >= 0.3 is 6.03 Å². The van der Waals surface area contributed by atoms with Crippen molar-refractivity contribution in [1.29, 1.82) is 0 Å². The maximum absolute atomic E-state index is 13.1. The zero-order valence-corrected chi connectivity index (χ0v) is 12.5. The predicted molar refractivity (Wildman–Crippen MR) is 83.0 cm³/mol. The first-order chi connectivity index (χ1) is 11.1. The molecule has 4 nitrogen and oxygen atoms in total. The lowest BCUT2D eigenvalue weighted by molar-refractivity contribution is 0.221. The number of carbonyl (C=O) groups excluding carboxylic acids is 1. The zero-order chi connectivity index (χ0) is 16.2. The van der Waals surface area contributed by atoms with Crippen LogP contribution < -0.4 is 5.32 Å². The number of carbonyl (C=O) groups is 1. The maximum Gasteiger partial charge on any atom is 0.321 e. The van der Waals surface area contributed by atoms with Crippen LogP contribution in [0, 0.1) is 17.6 Å². The van der Waals surface area contributed by atoms with Crippen molar-refractivity contribution < 1.29 is 13.6 Å². The molecule has 0 spiro atoms. The summed E-state index contributed by atoms with van der Waals surface area (Å²) in [5.74, 6) is -1.04. The lowest BCUT2D eigenvalue weighted by atomic mass is 10.00. The van der Waals surface area contributed by atoms with Crippen molar-refractivity contribution in [2.75, 3.05) is 18.4 Å². The summed E-state index contributed by atoms with van der Waals surface area (Å²) in [4.78, 5) is 17.9. The molecule has 2 heterocycles. The standard InChI is InChI=1S/C17H17F2N3O/c18-14-8-15(19)10-16(9-14)21-17(23)22-6-3-13(11-22)7-12-1-4-20-5-2-12/h1-2,4-5,8-10,13H,3,6-7,11H2,(H,21,23). The van der Waals surface area contributed by atoms with E-state index in [2.05, 4.69) is 10.3 Å². The fourth-order valence-corrected chi connectivity index (χ4v) is 2.86. The highest BCUT2D eigenvalue weighted by Gasteiger charge is 2.26. The lowest BCUT2D eigenvalue weighted by Gasteiger charge is -2.17. The molecule has 0 radical (unpaired) electrons. The third kappa shape index (κ3) is 4.03. The van der Waals surface area contributed by atoms with Gasteiger partial charge in [-0.3, -0.25) is 4.98 Å². The van der Waals surface area contributed by atoms with E-state index >= 15 is 0 Å². The lowest BCUT2D eigenvalue weighted by Crippen LogP contribution is -2.33. The van der Waals surface area contributed by atoms with Gasteiger partial charge in [0.15, 0.2) is 0 Å². The molecule has 1 aliphatic heterocycles. The third-order valence-electron chi connectivity index (χ3n) is 3.96.